The molecule has 3 fully saturated rings. The number of unbranched alkanes of at least 4 members (excludes halogenated alkanes) is 2. The molecule has 1 aliphatic carbocycles. The number of aliphatic hydroxyl groups is 1. The maximum Gasteiger partial charge on any atom is 0.224 e. The van der Waals surface area contributed by atoms with E-state index in [1.807, 2.05) is 36.4 Å². The molecule has 3 aliphatic rings. The molecule has 2 bridgehead atoms. The Morgan fingerprint density at radius 3 is 2.30 bits per heavy atom. The second-order valence-electron chi connectivity index (χ2n) is 17.8. The molecule has 5 N–H and O–H groups in total. The molecule has 2 aliphatic heterocycles. The lowest BCUT2D eigenvalue weighted by atomic mass is 9.65. The van der Waals surface area contributed by atoms with E-state index in [-0.39, 0.29) is 30.6 Å². The van der Waals surface area contributed by atoms with Gasteiger partial charge in [0.1, 0.15) is 0 Å². The first-order valence-corrected chi connectivity index (χ1v) is 20.8. The van der Waals surface area contributed by atoms with Gasteiger partial charge in [-0.2, -0.15) is 0 Å². The van der Waals surface area contributed by atoms with E-state index < -0.39 is 6.29 Å². The van der Waals surface area contributed by atoms with E-state index in [0.717, 1.165) is 65.7 Å². The summed E-state index contributed by atoms with van der Waals surface area (Å²) in [6, 6.07) is 32.7. The van der Waals surface area contributed by atoms with Crippen LogP contribution in [0.15, 0.2) is 97.1 Å². The lowest BCUT2D eigenvalue weighted by Crippen LogP contribution is -2.42. The second kappa shape index (κ2) is 17.9. The van der Waals surface area contributed by atoms with Crippen molar-refractivity contribution in [1.29, 1.82) is 0 Å². The van der Waals surface area contributed by atoms with Gasteiger partial charge in [0.25, 0.3) is 0 Å². The van der Waals surface area contributed by atoms with Crippen LogP contribution >= 0.6 is 0 Å². The van der Waals surface area contributed by atoms with Crippen molar-refractivity contribution in [2.45, 2.75) is 116 Å². The normalized spacial score (nSPS) is 24.2. The number of ether oxygens (including phenoxy) is 2. The highest BCUT2D eigenvalue weighted by Crippen LogP contribution is 2.53. The van der Waals surface area contributed by atoms with E-state index in [1.165, 1.54) is 19.3 Å². The highest BCUT2D eigenvalue weighted by molar-refractivity contribution is 5.93. The number of carbonyl (C=O) groups excluding carboxylic acids is 2. The molecule has 9 heteroatoms. The van der Waals surface area contributed by atoms with Crippen LogP contribution in [0.1, 0.15) is 113 Å². The van der Waals surface area contributed by atoms with Gasteiger partial charge in [-0.15, -0.1) is 0 Å². The predicted octanol–water partition coefficient (Wildman–Crippen LogP) is 9.08. The lowest BCUT2D eigenvalue weighted by Gasteiger charge is -2.41. The van der Waals surface area contributed by atoms with Crippen LogP contribution in [0, 0.1) is 10.8 Å². The molecule has 2 saturated heterocycles. The smallest absolute Gasteiger partial charge is 0.224 e. The van der Waals surface area contributed by atoms with Crippen molar-refractivity contribution >= 4 is 23.2 Å². The summed E-state index contributed by atoms with van der Waals surface area (Å²) < 4.78 is 13.5. The second-order valence-corrected chi connectivity index (χ2v) is 17.8. The van der Waals surface area contributed by atoms with Gasteiger partial charge in [-0.1, -0.05) is 106 Å². The summed E-state index contributed by atoms with van der Waals surface area (Å²) in [5, 5.41) is 15.5. The van der Waals surface area contributed by atoms with Gasteiger partial charge in [0.05, 0.1) is 30.2 Å². The van der Waals surface area contributed by atoms with Crippen LogP contribution in [-0.2, 0) is 32.2 Å². The Morgan fingerprint density at radius 2 is 1.54 bits per heavy atom. The summed E-state index contributed by atoms with van der Waals surface area (Å²) in [5.41, 5.74) is 14.0. The van der Waals surface area contributed by atoms with Gasteiger partial charge in [0.15, 0.2) is 6.29 Å². The van der Waals surface area contributed by atoms with Gasteiger partial charge in [-0.05, 0) is 89.0 Å². The van der Waals surface area contributed by atoms with Crippen molar-refractivity contribution in [1.82, 2.24) is 10.2 Å². The summed E-state index contributed by atoms with van der Waals surface area (Å²) in [7, 11) is 0. The van der Waals surface area contributed by atoms with Crippen LogP contribution in [0.2, 0.25) is 0 Å². The van der Waals surface area contributed by atoms with Crippen LogP contribution in [0.5, 0.6) is 0 Å². The summed E-state index contributed by atoms with van der Waals surface area (Å²) in [5.74, 6) is -0.0645. The van der Waals surface area contributed by atoms with Crippen LogP contribution < -0.4 is 16.4 Å². The van der Waals surface area contributed by atoms with Crippen molar-refractivity contribution in [3.8, 4) is 11.1 Å². The molecule has 2 amide bonds. The molecule has 302 valence electrons. The van der Waals surface area contributed by atoms with Crippen LogP contribution in [0.3, 0.4) is 0 Å². The maximum atomic E-state index is 12.6. The number of benzene rings is 4. The number of hydrogen-bond donors (Lipinski definition) is 4. The minimum atomic E-state index is -0.498. The highest BCUT2D eigenvalue weighted by atomic mass is 16.7. The van der Waals surface area contributed by atoms with E-state index >= 15 is 0 Å². The average molecular weight is 773 g/mol. The molecular weight excluding hydrogens is 713 g/mol. The standard InChI is InChI=1S/C48H60N4O5/c1-47(2)26-39-27-48(3,31-47)32-52(39)29-40-25-43(36-18-16-33(30-53)17-19-36)57-46(56-40)37-22-20-35(21-23-37)38-11-9-10-34(24-38)28-50-44(54)14-5-4-6-15-45(55)51-42-13-8-7-12-41(42)49/h7-13,16-24,39-40,43,46,53H,4-6,14-15,25-32,49H2,1-3H3,(H,50,54)(H,51,55)/t39?,40-,43+,46+,48?/m1/s1. The zero-order chi connectivity index (χ0) is 40.0. The first kappa shape index (κ1) is 40.6. The Labute approximate surface area is 338 Å². The third-order valence-electron chi connectivity index (χ3n) is 12.1. The molecule has 5 atom stereocenters. The van der Waals surface area contributed by atoms with Crippen molar-refractivity contribution in [2.75, 3.05) is 24.1 Å². The minimum Gasteiger partial charge on any atom is -0.397 e. The maximum absolute atomic E-state index is 12.6. The molecule has 7 rings (SSSR count). The van der Waals surface area contributed by atoms with E-state index in [0.29, 0.717) is 54.1 Å². The topological polar surface area (TPSA) is 126 Å². The molecule has 4 aromatic rings. The van der Waals surface area contributed by atoms with Crippen molar-refractivity contribution in [2.24, 2.45) is 10.8 Å². The predicted molar refractivity (Wildman–Crippen MR) is 226 cm³/mol. The van der Waals surface area contributed by atoms with Crippen LogP contribution in [0.4, 0.5) is 11.4 Å². The number of carbonyl (C=O) groups is 2. The van der Waals surface area contributed by atoms with E-state index in [4.69, 9.17) is 15.2 Å². The van der Waals surface area contributed by atoms with Gasteiger partial charge < -0.3 is 30.9 Å². The number of nitrogen functional groups attached to an aromatic ring is 1. The first-order chi connectivity index (χ1) is 27.4. The summed E-state index contributed by atoms with van der Waals surface area (Å²) in [6.45, 7) is 9.80. The number of hydrogen-bond acceptors (Lipinski definition) is 7. The van der Waals surface area contributed by atoms with E-state index in [2.05, 4.69) is 84.8 Å². The molecule has 57 heavy (non-hydrogen) atoms. The van der Waals surface area contributed by atoms with Crippen molar-refractivity contribution in [3.05, 3.63) is 119 Å². The van der Waals surface area contributed by atoms with Gasteiger partial charge in [0, 0.05) is 50.5 Å². The molecule has 2 unspecified atom stereocenters. The number of rotatable bonds is 15. The number of para-hydroxylation sites is 2. The molecule has 0 radical (unpaired) electrons. The van der Waals surface area contributed by atoms with Gasteiger partial charge in [-0.25, -0.2) is 0 Å². The molecule has 0 aromatic heterocycles. The minimum absolute atomic E-state index is 0.00512. The number of fused-ring (bicyclic) bond motifs is 2. The fourth-order valence-corrected chi connectivity index (χ4v) is 9.64. The fourth-order valence-electron chi connectivity index (χ4n) is 9.64. The van der Waals surface area contributed by atoms with Gasteiger partial charge in [0.2, 0.25) is 11.8 Å². The van der Waals surface area contributed by atoms with E-state index in [1.54, 1.807) is 12.1 Å². The lowest BCUT2D eigenvalue weighted by molar-refractivity contribution is -0.253. The van der Waals surface area contributed by atoms with Crippen LogP contribution in [-0.4, -0.2) is 47.1 Å². The fraction of sp³-hybridized carbons (Fsp3) is 0.458. The molecule has 0 spiro atoms. The quantitative estimate of drug-likeness (QED) is 0.0702. The number of anilines is 2. The highest BCUT2D eigenvalue weighted by Gasteiger charge is 2.50. The summed E-state index contributed by atoms with van der Waals surface area (Å²) >= 11 is 0. The average Bonchev–Trinajstić information content (AvgIpc) is 3.44. The number of likely N-dealkylation sites (tertiary alicyclic amines) is 1. The third kappa shape index (κ3) is 10.7. The SMILES string of the molecule is CC1(C)CC2CC(C)(CN2C[C@H]2C[C@@H](c3ccc(CO)cc3)O[C@@H](c3ccc(-c4cccc(CNC(=O)CCCCCC(=O)Nc5ccccc5N)c4)cc3)O2)C1. The number of nitrogens with one attached hydrogen (secondary N) is 2. The monoisotopic (exact) mass is 772 g/mol. The Morgan fingerprint density at radius 1 is 0.807 bits per heavy atom. The first-order valence-electron chi connectivity index (χ1n) is 20.8. The number of nitrogens with two attached hydrogens (primary N) is 1. The zero-order valence-corrected chi connectivity index (χ0v) is 33.8. The summed E-state index contributed by atoms with van der Waals surface area (Å²) in [4.78, 5) is 27.6. The van der Waals surface area contributed by atoms with Crippen molar-refractivity contribution in [3.63, 3.8) is 0 Å². The number of amides is 2. The van der Waals surface area contributed by atoms with Gasteiger partial charge >= 0.3 is 0 Å². The molecular formula is C48H60N4O5. The third-order valence-corrected chi connectivity index (χ3v) is 12.1. The Kier molecular flexibility index (Phi) is 12.8. The number of nitrogens with zero attached hydrogens (tertiary/aromatic N) is 1. The van der Waals surface area contributed by atoms with Crippen molar-refractivity contribution < 1.29 is 24.2 Å². The largest absolute Gasteiger partial charge is 0.397 e. The van der Waals surface area contributed by atoms with Crippen LogP contribution in [0.25, 0.3) is 11.1 Å². The van der Waals surface area contributed by atoms with E-state index in [9.17, 15) is 14.7 Å². The molecule has 1 saturated carbocycles. The number of aliphatic hydroxyl groups excluding tert-OH is 1. The zero-order valence-electron chi connectivity index (χ0n) is 33.8. The Hall–Kier alpha value is -4.54. The van der Waals surface area contributed by atoms with Gasteiger partial charge in [-0.3, -0.25) is 14.5 Å². The Balaban J connectivity index is 0.927. The molecule has 2 heterocycles. The molecule has 4 aromatic carbocycles. The summed E-state index contributed by atoms with van der Waals surface area (Å²) in [6.07, 6.45) is 7.00. The Bertz CT molecular complexity index is 1980. The molecule has 9 nitrogen and oxygen atoms in total.